The first-order valence-corrected chi connectivity index (χ1v) is 10.6. The van der Waals surface area contributed by atoms with E-state index >= 15 is 4.39 Å². The Morgan fingerprint density at radius 3 is 2.82 bits per heavy atom. The van der Waals surface area contributed by atoms with Crippen LogP contribution in [0.5, 0.6) is 0 Å². The molecule has 1 spiro atoms. The van der Waals surface area contributed by atoms with Gasteiger partial charge in [-0.25, -0.2) is 23.8 Å². The lowest BCUT2D eigenvalue weighted by Gasteiger charge is -2.20. The molecular weight excluding hydrogens is 429 g/mol. The smallest absolute Gasteiger partial charge is 0.415 e. The topological polar surface area (TPSA) is 105 Å². The second-order valence-corrected chi connectivity index (χ2v) is 8.56. The minimum Gasteiger partial charge on any atom is -0.438 e. The Morgan fingerprint density at radius 1 is 1.27 bits per heavy atom. The monoisotopic (exact) mass is 449 g/mol. The number of amides is 2. The van der Waals surface area contributed by atoms with E-state index in [9.17, 15) is 9.59 Å². The number of aromatic nitrogens is 4. The van der Waals surface area contributed by atoms with Crippen LogP contribution in [0.1, 0.15) is 24.6 Å². The number of hydrogen-bond acceptors (Lipinski definition) is 7. The normalized spacial score (nSPS) is 23.1. The van der Waals surface area contributed by atoms with E-state index in [1.807, 2.05) is 11.1 Å². The van der Waals surface area contributed by atoms with E-state index in [1.165, 1.54) is 17.9 Å². The number of nitrogens with one attached hydrogen (secondary N) is 1. The summed E-state index contributed by atoms with van der Waals surface area (Å²) in [6.07, 6.45) is 5.19. The molecule has 0 radical (unpaired) electrons. The molecule has 1 N–H and O–H groups in total. The van der Waals surface area contributed by atoms with Gasteiger partial charge in [-0.2, -0.15) is 5.10 Å². The highest BCUT2D eigenvalue weighted by molar-refractivity contribution is 5.91. The fourth-order valence-electron chi connectivity index (χ4n) is 4.55. The minimum atomic E-state index is -0.719. The Kier molecular flexibility index (Phi) is 4.16. The van der Waals surface area contributed by atoms with Gasteiger partial charge < -0.3 is 15.0 Å². The van der Waals surface area contributed by atoms with Crippen LogP contribution in [0, 0.1) is 5.82 Å². The van der Waals surface area contributed by atoms with Gasteiger partial charge in [0.25, 0.3) is 0 Å². The fraction of sp³-hybridized carbons (Fsp3) is 0.318. The summed E-state index contributed by atoms with van der Waals surface area (Å²) in [7, 11) is 0. The zero-order chi connectivity index (χ0) is 22.7. The van der Waals surface area contributed by atoms with E-state index in [0.29, 0.717) is 36.8 Å². The van der Waals surface area contributed by atoms with Crippen molar-refractivity contribution < 1.29 is 18.7 Å². The molecular formula is C22H20FN7O3. The number of benzene rings is 1. The molecule has 3 aliphatic rings. The molecule has 6 rings (SSSR count). The molecule has 2 aromatic heterocycles. The van der Waals surface area contributed by atoms with E-state index in [-0.39, 0.29) is 18.5 Å². The Labute approximate surface area is 188 Å². The van der Waals surface area contributed by atoms with E-state index in [0.717, 1.165) is 11.3 Å². The maximum absolute atomic E-state index is 15.1. The number of anilines is 2. The first kappa shape index (κ1) is 19.6. The largest absolute Gasteiger partial charge is 0.438 e. The minimum absolute atomic E-state index is 0.170. The average Bonchev–Trinajstić information content (AvgIpc) is 3.10. The van der Waals surface area contributed by atoms with Crippen molar-refractivity contribution in [2.75, 3.05) is 16.3 Å². The predicted octanol–water partition coefficient (Wildman–Crippen LogP) is 1.93. The maximum Gasteiger partial charge on any atom is 0.415 e. The second-order valence-electron chi connectivity index (χ2n) is 8.56. The van der Waals surface area contributed by atoms with Gasteiger partial charge in [-0.15, -0.1) is 0 Å². The van der Waals surface area contributed by atoms with E-state index in [4.69, 9.17) is 4.74 Å². The third-order valence-corrected chi connectivity index (χ3v) is 6.26. The molecule has 2 unspecified atom stereocenters. The number of carbonyl (C=O) groups is 2. The van der Waals surface area contributed by atoms with Gasteiger partial charge in [-0.1, -0.05) is 0 Å². The van der Waals surface area contributed by atoms with Crippen molar-refractivity contribution in [2.45, 2.75) is 38.1 Å². The van der Waals surface area contributed by atoms with Crippen LogP contribution in [0.25, 0.3) is 5.95 Å². The quantitative estimate of drug-likeness (QED) is 0.649. The second kappa shape index (κ2) is 6.99. The molecule has 1 aromatic carbocycles. The Hall–Kier alpha value is -4.02. The zero-order valence-corrected chi connectivity index (χ0v) is 17.7. The van der Waals surface area contributed by atoms with Crippen molar-refractivity contribution >= 4 is 23.4 Å². The predicted molar refractivity (Wildman–Crippen MR) is 114 cm³/mol. The van der Waals surface area contributed by atoms with Crippen LogP contribution < -0.4 is 15.1 Å². The Balaban J connectivity index is 1.17. The third-order valence-electron chi connectivity index (χ3n) is 6.26. The van der Waals surface area contributed by atoms with Crippen LogP contribution in [0.3, 0.4) is 0 Å². The number of rotatable bonds is 4. The molecule has 2 fully saturated rings. The van der Waals surface area contributed by atoms with Crippen molar-refractivity contribution in [3.63, 3.8) is 0 Å². The molecule has 10 nitrogen and oxygen atoms in total. The lowest BCUT2D eigenvalue weighted by molar-refractivity contribution is -0.119. The number of nitrogens with zero attached hydrogens (tertiary/aromatic N) is 6. The summed E-state index contributed by atoms with van der Waals surface area (Å²) in [5.74, 6) is -0.114. The summed E-state index contributed by atoms with van der Waals surface area (Å²) in [5.41, 5.74) is 1.96. The molecule has 3 aromatic rings. The van der Waals surface area contributed by atoms with E-state index in [1.54, 1.807) is 35.3 Å². The van der Waals surface area contributed by atoms with Gasteiger partial charge in [-0.3, -0.25) is 9.69 Å². The van der Waals surface area contributed by atoms with Crippen molar-refractivity contribution in [3.8, 4) is 5.95 Å². The summed E-state index contributed by atoms with van der Waals surface area (Å²) < 4.78 is 22.2. The Morgan fingerprint density at radius 2 is 2.09 bits per heavy atom. The molecule has 2 amide bonds. The Bertz CT molecular complexity index is 1260. The summed E-state index contributed by atoms with van der Waals surface area (Å²) in [5, 5.41) is 7.32. The van der Waals surface area contributed by atoms with Gasteiger partial charge in [0.1, 0.15) is 5.82 Å². The highest BCUT2D eigenvalue weighted by atomic mass is 19.1. The SMILES string of the molecule is CC(=O)NC1CC12CN(c1ccc(N3Cc4cn(-c5ncccn5)nc4C3)c(F)c1)C(=O)O2. The molecule has 33 heavy (non-hydrogen) atoms. The highest BCUT2D eigenvalue weighted by Gasteiger charge is 2.64. The number of fused-ring (bicyclic) bond motifs is 1. The van der Waals surface area contributed by atoms with Crippen LogP contribution in [-0.4, -0.2) is 49.9 Å². The number of hydrogen-bond donors (Lipinski definition) is 1. The first-order valence-electron chi connectivity index (χ1n) is 10.6. The van der Waals surface area contributed by atoms with Crippen LogP contribution in [-0.2, 0) is 22.6 Å². The molecule has 4 heterocycles. The van der Waals surface area contributed by atoms with Crippen molar-refractivity contribution in [1.82, 2.24) is 25.1 Å². The summed E-state index contributed by atoms with van der Waals surface area (Å²) in [6, 6.07) is 6.26. The van der Waals surface area contributed by atoms with Gasteiger partial charge in [-0.05, 0) is 24.3 Å². The lowest BCUT2D eigenvalue weighted by atomic mass is 10.2. The third kappa shape index (κ3) is 3.27. The van der Waals surface area contributed by atoms with Gasteiger partial charge >= 0.3 is 6.09 Å². The van der Waals surface area contributed by atoms with Crippen LogP contribution in [0.2, 0.25) is 0 Å². The number of halogens is 1. The number of carbonyl (C=O) groups excluding carboxylic acids is 2. The van der Waals surface area contributed by atoms with Crippen molar-refractivity contribution in [3.05, 3.63) is 59.9 Å². The van der Waals surface area contributed by atoms with Crippen molar-refractivity contribution in [2.24, 2.45) is 0 Å². The lowest BCUT2D eigenvalue weighted by Crippen LogP contribution is -2.33. The summed E-state index contributed by atoms with van der Waals surface area (Å²) in [6.45, 7) is 2.67. The summed E-state index contributed by atoms with van der Waals surface area (Å²) >= 11 is 0. The van der Waals surface area contributed by atoms with E-state index in [2.05, 4.69) is 20.4 Å². The average molecular weight is 449 g/mol. The molecule has 1 aliphatic carbocycles. The molecule has 1 saturated carbocycles. The summed E-state index contributed by atoms with van der Waals surface area (Å²) in [4.78, 5) is 35.4. The van der Waals surface area contributed by atoms with E-state index < -0.39 is 17.5 Å². The van der Waals surface area contributed by atoms with Gasteiger partial charge in [0.15, 0.2) is 5.60 Å². The van der Waals surface area contributed by atoms with Crippen molar-refractivity contribution in [1.29, 1.82) is 0 Å². The molecule has 1 saturated heterocycles. The standard InChI is InChI=1S/C22H20FN7O3/c1-13(31)26-19-8-22(19)12-29(21(32)33-22)15-3-4-18(16(23)7-15)28-9-14-10-30(27-17(14)11-28)20-24-5-2-6-25-20/h2-7,10,19H,8-9,11-12H2,1H3,(H,26,31). The van der Waals surface area contributed by atoms with Crippen LogP contribution in [0.4, 0.5) is 20.6 Å². The zero-order valence-electron chi connectivity index (χ0n) is 17.7. The fourth-order valence-corrected chi connectivity index (χ4v) is 4.55. The molecule has 11 heteroatoms. The van der Waals surface area contributed by atoms with Crippen LogP contribution in [0.15, 0.2) is 42.9 Å². The van der Waals surface area contributed by atoms with Crippen LogP contribution >= 0.6 is 0 Å². The van der Waals surface area contributed by atoms with Gasteiger partial charge in [0.05, 0.1) is 36.2 Å². The molecule has 2 aliphatic heterocycles. The number of ether oxygens (including phenoxy) is 1. The molecule has 2 atom stereocenters. The highest BCUT2D eigenvalue weighted by Crippen LogP contribution is 2.46. The van der Waals surface area contributed by atoms with Gasteiger partial charge in [0, 0.05) is 44.0 Å². The molecule has 168 valence electrons. The van der Waals surface area contributed by atoms with Gasteiger partial charge in [0.2, 0.25) is 11.9 Å². The molecule has 0 bridgehead atoms. The first-order chi connectivity index (χ1) is 15.9. The maximum atomic E-state index is 15.1.